The van der Waals surface area contributed by atoms with Gasteiger partial charge in [-0.15, -0.1) is 0 Å². The summed E-state index contributed by atoms with van der Waals surface area (Å²) in [6.07, 6.45) is -4.39. The fourth-order valence-electron chi connectivity index (χ4n) is 1.29. The van der Waals surface area contributed by atoms with Crippen LogP contribution in [0.3, 0.4) is 0 Å². The van der Waals surface area contributed by atoms with Gasteiger partial charge in [-0.1, -0.05) is 0 Å². The molecule has 0 amide bonds. The predicted molar refractivity (Wildman–Crippen MR) is 60.9 cm³/mol. The third-order valence-electron chi connectivity index (χ3n) is 2.54. The van der Waals surface area contributed by atoms with E-state index in [1.165, 1.54) is 0 Å². The molecule has 0 spiro atoms. The van der Waals surface area contributed by atoms with Crippen LogP contribution in [0.1, 0.15) is 25.8 Å². The van der Waals surface area contributed by atoms with Crippen LogP contribution in [0, 0.1) is 22.6 Å². The molecule has 6 heteroatoms. The summed E-state index contributed by atoms with van der Waals surface area (Å²) in [6, 6.07) is 4.52. The van der Waals surface area contributed by atoms with E-state index in [1.807, 2.05) is 0 Å². The van der Waals surface area contributed by atoms with E-state index in [9.17, 15) is 17.6 Å². The molecule has 0 heterocycles. The van der Waals surface area contributed by atoms with Crippen molar-refractivity contribution in [2.75, 3.05) is 6.61 Å². The van der Waals surface area contributed by atoms with Crippen LogP contribution >= 0.6 is 0 Å². The minimum atomic E-state index is -4.75. The van der Waals surface area contributed by atoms with Crippen LogP contribution in [0.2, 0.25) is 0 Å². The van der Waals surface area contributed by atoms with Gasteiger partial charge in [-0.05, 0) is 38.5 Å². The molecular weight excluding hydrogens is 262 g/mol. The topological polar surface area (TPSA) is 33.0 Å². The van der Waals surface area contributed by atoms with Gasteiger partial charge in [-0.25, -0.2) is 4.39 Å². The number of alkyl halides is 3. The first-order valence-corrected chi connectivity index (χ1v) is 5.56. The normalized spacial score (nSPS) is 12.1. The summed E-state index contributed by atoms with van der Waals surface area (Å²) in [4.78, 5) is 0. The number of benzene rings is 1. The van der Waals surface area contributed by atoms with Crippen LogP contribution in [0.4, 0.5) is 17.6 Å². The smallest absolute Gasteiger partial charge is 0.419 e. The molecule has 0 atom stereocenters. The highest BCUT2D eigenvalue weighted by molar-refractivity contribution is 5.31. The van der Waals surface area contributed by atoms with Crippen molar-refractivity contribution in [3.05, 3.63) is 29.6 Å². The molecule has 0 aromatic heterocycles. The summed E-state index contributed by atoms with van der Waals surface area (Å²) in [7, 11) is 0. The maximum absolute atomic E-state index is 13.0. The van der Waals surface area contributed by atoms with E-state index in [0.717, 1.165) is 6.07 Å². The Morgan fingerprint density at radius 1 is 1.26 bits per heavy atom. The van der Waals surface area contributed by atoms with Gasteiger partial charge >= 0.3 is 6.18 Å². The molecule has 1 rings (SSSR count). The van der Waals surface area contributed by atoms with Crippen molar-refractivity contribution in [2.24, 2.45) is 5.41 Å². The molecule has 0 bridgehead atoms. The Kier molecular flexibility index (Phi) is 4.40. The fourth-order valence-corrected chi connectivity index (χ4v) is 1.29. The summed E-state index contributed by atoms with van der Waals surface area (Å²) >= 11 is 0. The average Bonchev–Trinajstić information content (AvgIpc) is 2.30. The summed E-state index contributed by atoms with van der Waals surface area (Å²) < 4.78 is 55.5. The van der Waals surface area contributed by atoms with Crippen LogP contribution in [-0.2, 0) is 6.18 Å². The van der Waals surface area contributed by atoms with Gasteiger partial charge in [0.2, 0.25) is 0 Å². The van der Waals surface area contributed by atoms with Crippen molar-refractivity contribution in [1.29, 1.82) is 5.26 Å². The van der Waals surface area contributed by atoms with Gasteiger partial charge < -0.3 is 4.74 Å². The Morgan fingerprint density at radius 2 is 1.89 bits per heavy atom. The number of ether oxygens (including phenoxy) is 1. The molecule has 0 aliphatic carbocycles. The number of hydrogen-bond acceptors (Lipinski definition) is 2. The monoisotopic (exact) mass is 275 g/mol. The number of nitriles is 1. The van der Waals surface area contributed by atoms with E-state index >= 15 is 0 Å². The van der Waals surface area contributed by atoms with Crippen molar-refractivity contribution in [3.8, 4) is 11.8 Å². The summed E-state index contributed by atoms with van der Waals surface area (Å²) in [5.74, 6) is -1.40. The van der Waals surface area contributed by atoms with E-state index in [4.69, 9.17) is 10.00 Å². The quantitative estimate of drug-likeness (QED) is 0.773. The van der Waals surface area contributed by atoms with Crippen molar-refractivity contribution >= 4 is 0 Å². The molecule has 0 saturated heterocycles. The standard InChI is InChI=1S/C13H13F4NO/c1-12(2,8-18)5-6-19-9-3-4-11(14)10(7-9)13(15,16)17/h3-4,7H,5-6H2,1-2H3. The Bertz CT molecular complexity index is 488. The molecule has 2 nitrogen and oxygen atoms in total. The molecule has 1 aromatic carbocycles. The highest BCUT2D eigenvalue weighted by Gasteiger charge is 2.34. The van der Waals surface area contributed by atoms with Crippen LogP contribution in [0.25, 0.3) is 0 Å². The first-order chi connectivity index (χ1) is 8.65. The molecule has 0 fully saturated rings. The predicted octanol–water partition coefficient (Wildman–Crippen LogP) is 4.16. The molecule has 1 aromatic rings. The summed E-state index contributed by atoms with van der Waals surface area (Å²) in [5.41, 5.74) is -1.98. The first kappa shape index (κ1) is 15.3. The van der Waals surface area contributed by atoms with Gasteiger partial charge in [0, 0.05) is 0 Å². The fraction of sp³-hybridized carbons (Fsp3) is 0.462. The van der Waals surface area contributed by atoms with E-state index < -0.39 is 23.0 Å². The minimum Gasteiger partial charge on any atom is -0.494 e. The van der Waals surface area contributed by atoms with Crippen LogP contribution < -0.4 is 4.74 Å². The largest absolute Gasteiger partial charge is 0.494 e. The molecule has 104 valence electrons. The van der Waals surface area contributed by atoms with E-state index in [1.54, 1.807) is 13.8 Å². The lowest BCUT2D eigenvalue weighted by Crippen LogP contribution is -2.14. The number of rotatable bonds is 4. The number of hydrogen-bond donors (Lipinski definition) is 0. The molecule has 0 saturated carbocycles. The van der Waals surface area contributed by atoms with Gasteiger partial charge in [0.15, 0.2) is 0 Å². The average molecular weight is 275 g/mol. The van der Waals surface area contributed by atoms with Crippen molar-refractivity contribution in [2.45, 2.75) is 26.4 Å². The lowest BCUT2D eigenvalue weighted by atomic mass is 9.92. The zero-order chi connectivity index (χ0) is 14.7. The molecule has 0 aliphatic heterocycles. The van der Waals surface area contributed by atoms with Crippen molar-refractivity contribution in [1.82, 2.24) is 0 Å². The molecule has 0 N–H and O–H groups in total. The Hall–Kier alpha value is -1.77. The van der Waals surface area contributed by atoms with Crippen molar-refractivity contribution < 1.29 is 22.3 Å². The number of halogens is 4. The SMILES string of the molecule is CC(C)(C#N)CCOc1ccc(F)c(C(F)(F)F)c1. The number of nitrogens with zero attached hydrogens (tertiary/aromatic N) is 1. The Morgan fingerprint density at radius 3 is 2.42 bits per heavy atom. The first-order valence-electron chi connectivity index (χ1n) is 5.56. The van der Waals surface area contributed by atoms with Crippen molar-refractivity contribution in [3.63, 3.8) is 0 Å². The zero-order valence-corrected chi connectivity index (χ0v) is 10.5. The maximum atomic E-state index is 13.0. The summed E-state index contributed by atoms with van der Waals surface area (Å²) in [6.45, 7) is 3.48. The molecule has 0 unspecified atom stereocenters. The third-order valence-corrected chi connectivity index (χ3v) is 2.54. The van der Waals surface area contributed by atoms with Gasteiger partial charge in [0.05, 0.1) is 23.7 Å². The molecule has 0 aliphatic rings. The van der Waals surface area contributed by atoms with E-state index in [-0.39, 0.29) is 12.4 Å². The zero-order valence-electron chi connectivity index (χ0n) is 10.5. The maximum Gasteiger partial charge on any atom is 0.419 e. The van der Waals surface area contributed by atoms with Gasteiger partial charge in [0.25, 0.3) is 0 Å². The van der Waals surface area contributed by atoms with Crippen LogP contribution in [-0.4, -0.2) is 6.61 Å². The summed E-state index contributed by atoms with van der Waals surface area (Å²) in [5, 5.41) is 8.77. The molecule has 19 heavy (non-hydrogen) atoms. The van der Waals surface area contributed by atoms with Crippen LogP contribution in [0.5, 0.6) is 5.75 Å². The van der Waals surface area contributed by atoms with Crippen LogP contribution in [0.15, 0.2) is 18.2 Å². The van der Waals surface area contributed by atoms with Gasteiger partial charge in [-0.2, -0.15) is 18.4 Å². The van der Waals surface area contributed by atoms with Gasteiger partial charge in [0.1, 0.15) is 11.6 Å². The second-order valence-electron chi connectivity index (χ2n) is 4.73. The third kappa shape index (κ3) is 4.43. The highest BCUT2D eigenvalue weighted by atomic mass is 19.4. The molecule has 0 radical (unpaired) electrons. The highest BCUT2D eigenvalue weighted by Crippen LogP contribution is 2.33. The minimum absolute atomic E-state index is 0.0672. The molecular formula is C13H13F4NO. The van der Waals surface area contributed by atoms with E-state index in [0.29, 0.717) is 18.6 Å². The second kappa shape index (κ2) is 5.47. The lowest BCUT2D eigenvalue weighted by Gasteiger charge is -2.16. The Balaban J connectivity index is 2.74. The van der Waals surface area contributed by atoms with E-state index in [2.05, 4.69) is 6.07 Å². The second-order valence-corrected chi connectivity index (χ2v) is 4.73. The van der Waals surface area contributed by atoms with Gasteiger partial charge in [-0.3, -0.25) is 0 Å². The lowest BCUT2D eigenvalue weighted by molar-refractivity contribution is -0.140. The Labute approximate surface area is 108 Å².